The molecule has 1 unspecified atom stereocenters. The van der Waals surface area contributed by atoms with Crippen LogP contribution < -0.4 is 20.2 Å². The Morgan fingerprint density at radius 1 is 1.00 bits per heavy atom. The Morgan fingerprint density at radius 3 is 2.64 bits per heavy atom. The first-order valence-corrected chi connectivity index (χ1v) is 13.6. The average molecular weight is 580 g/mol. The first kappa shape index (κ1) is 27.3. The fourth-order valence-electron chi connectivity index (χ4n) is 5.28. The Balaban J connectivity index is 1.15. The minimum absolute atomic E-state index is 0.0441. The smallest absolute Gasteiger partial charge is 0.358 e. The molecule has 0 spiro atoms. The molecule has 220 valence electrons. The highest BCUT2D eigenvalue weighted by Crippen LogP contribution is 2.32. The molecule has 6 rings (SSSR count). The van der Waals surface area contributed by atoms with E-state index in [0.29, 0.717) is 17.9 Å². The SMILES string of the molecule is O=C1C[C@H](NC(=O)[C@@H]2CCCN3C(=O)CCN(NC(=O)c4ccc5c(c4)OCO5)C(=O)N23)C(OCc2ccccc2)O1. The summed E-state index contributed by atoms with van der Waals surface area (Å²) in [5, 5.41) is 6.16. The van der Waals surface area contributed by atoms with Gasteiger partial charge in [-0.15, -0.1) is 0 Å². The van der Waals surface area contributed by atoms with Crippen LogP contribution in [0.5, 0.6) is 11.5 Å². The van der Waals surface area contributed by atoms with Gasteiger partial charge in [-0.05, 0) is 36.6 Å². The Hall–Kier alpha value is -4.85. The number of rotatable bonds is 7. The van der Waals surface area contributed by atoms with Crippen LogP contribution in [0.4, 0.5) is 4.79 Å². The standard InChI is InChI=1S/C28H29N5O9/c34-23-10-12-31(30-25(36)18-8-9-21-22(13-18)41-16-40-21)28(38)33-20(7-4-11-32(23)33)26(37)29-19-14-24(35)42-27(19)39-15-17-5-2-1-3-6-17/h1-3,5-6,8-9,13,19-20,27H,4,7,10-12,14-16H2,(H,29,37)(H,30,36)/t19-,20-,27?/m0/s1. The van der Waals surface area contributed by atoms with E-state index in [1.54, 1.807) is 6.07 Å². The zero-order chi connectivity index (χ0) is 29.2. The number of fused-ring (bicyclic) bond motifs is 2. The summed E-state index contributed by atoms with van der Waals surface area (Å²) in [6, 6.07) is 11.3. The minimum Gasteiger partial charge on any atom is -0.454 e. The van der Waals surface area contributed by atoms with E-state index in [-0.39, 0.29) is 57.2 Å². The maximum absolute atomic E-state index is 13.7. The summed E-state index contributed by atoms with van der Waals surface area (Å²) in [6.45, 7) is 0.365. The van der Waals surface area contributed by atoms with Gasteiger partial charge >= 0.3 is 12.0 Å². The van der Waals surface area contributed by atoms with Crippen LogP contribution in [-0.2, 0) is 30.5 Å². The molecule has 42 heavy (non-hydrogen) atoms. The molecule has 3 fully saturated rings. The van der Waals surface area contributed by atoms with E-state index in [9.17, 15) is 24.0 Å². The molecule has 2 N–H and O–H groups in total. The molecule has 14 heteroatoms. The summed E-state index contributed by atoms with van der Waals surface area (Å²) in [6.07, 6.45) is -0.432. The number of ether oxygens (including phenoxy) is 4. The Morgan fingerprint density at radius 2 is 1.81 bits per heavy atom. The zero-order valence-corrected chi connectivity index (χ0v) is 22.5. The van der Waals surface area contributed by atoms with Gasteiger partial charge in [-0.25, -0.2) is 19.8 Å². The number of esters is 1. The second-order valence-corrected chi connectivity index (χ2v) is 10.2. The number of nitrogens with one attached hydrogen (secondary N) is 2. The molecular weight excluding hydrogens is 550 g/mol. The molecule has 2 aromatic rings. The van der Waals surface area contributed by atoms with Crippen molar-refractivity contribution < 1.29 is 42.9 Å². The van der Waals surface area contributed by atoms with Crippen LogP contribution in [0.2, 0.25) is 0 Å². The molecule has 4 aliphatic rings. The summed E-state index contributed by atoms with van der Waals surface area (Å²) in [5.74, 6) is -1.14. The van der Waals surface area contributed by atoms with E-state index >= 15 is 0 Å². The molecule has 4 aliphatic heterocycles. The highest BCUT2D eigenvalue weighted by atomic mass is 16.7. The predicted octanol–water partition coefficient (Wildman–Crippen LogP) is 1.07. The molecule has 0 saturated carbocycles. The highest BCUT2D eigenvalue weighted by molar-refractivity contribution is 5.97. The molecule has 2 aromatic carbocycles. The summed E-state index contributed by atoms with van der Waals surface area (Å²) in [5.41, 5.74) is 3.65. The number of hydrazine groups is 2. The lowest BCUT2D eigenvalue weighted by atomic mass is 10.1. The molecule has 0 bridgehead atoms. The van der Waals surface area contributed by atoms with Crippen molar-refractivity contribution in [2.45, 2.75) is 50.7 Å². The number of urea groups is 1. The topological polar surface area (TPSA) is 156 Å². The molecule has 14 nitrogen and oxygen atoms in total. The van der Waals surface area contributed by atoms with Crippen LogP contribution in [0, 0.1) is 0 Å². The molecule has 3 saturated heterocycles. The van der Waals surface area contributed by atoms with Crippen LogP contribution in [0.3, 0.4) is 0 Å². The average Bonchev–Trinajstić information content (AvgIpc) is 3.59. The van der Waals surface area contributed by atoms with Crippen LogP contribution in [0.1, 0.15) is 41.6 Å². The van der Waals surface area contributed by atoms with Crippen molar-refractivity contribution in [3.63, 3.8) is 0 Å². The van der Waals surface area contributed by atoms with Crippen molar-refractivity contribution in [2.75, 3.05) is 19.9 Å². The Bertz CT molecular complexity index is 1400. The van der Waals surface area contributed by atoms with Gasteiger partial charge in [0.15, 0.2) is 11.5 Å². The number of nitrogens with zero attached hydrogens (tertiary/aromatic N) is 3. The second kappa shape index (κ2) is 11.6. The number of amides is 5. The maximum atomic E-state index is 13.7. The monoisotopic (exact) mass is 579 g/mol. The van der Waals surface area contributed by atoms with Crippen LogP contribution >= 0.6 is 0 Å². The highest BCUT2D eigenvalue weighted by Gasteiger charge is 2.46. The molecule has 0 aromatic heterocycles. The Kier molecular flexibility index (Phi) is 7.52. The van der Waals surface area contributed by atoms with Crippen molar-refractivity contribution in [3.8, 4) is 11.5 Å². The molecule has 0 aliphatic carbocycles. The lowest BCUT2D eigenvalue weighted by Gasteiger charge is -2.43. The molecule has 4 heterocycles. The normalized spacial score (nSPS) is 23.3. The van der Waals surface area contributed by atoms with E-state index in [4.69, 9.17) is 18.9 Å². The predicted molar refractivity (Wildman–Crippen MR) is 141 cm³/mol. The van der Waals surface area contributed by atoms with E-state index in [1.165, 1.54) is 17.1 Å². The van der Waals surface area contributed by atoms with Crippen molar-refractivity contribution in [1.82, 2.24) is 25.8 Å². The van der Waals surface area contributed by atoms with E-state index in [2.05, 4.69) is 10.7 Å². The van der Waals surface area contributed by atoms with Crippen LogP contribution in [-0.4, -0.2) is 83.0 Å². The third-order valence-electron chi connectivity index (χ3n) is 7.39. The van der Waals surface area contributed by atoms with E-state index < -0.39 is 42.2 Å². The lowest BCUT2D eigenvalue weighted by Crippen LogP contribution is -2.65. The Labute approximate surface area is 240 Å². The maximum Gasteiger partial charge on any atom is 0.358 e. The van der Waals surface area contributed by atoms with Crippen molar-refractivity contribution in [1.29, 1.82) is 0 Å². The molecule has 5 amide bonds. The summed E-state index contributed by atoms with van der Waals surface area (Å²) >= 11 is 0. The summed E-state index contributed by atoms with van der Waals surface area (Å²) < 4.78 is 21.7. The minimum atomic E-state index is -1.07. The third kappa shape index (κ3) is 5.52. The fourth-order valence-corrected chi connectivity index (χ4v) is 5.28. The molecule has 3 atom stereocenters. The van der Waals surface area contributed by atoms with Crippen molar-refractivity contribution in [2.24, 2.45) is 0 Å². The lowest BCUT2D eigenvalue weighted by molar-refractivity contribution is -0.169. The first-order chi connectivity index (χ1) is 20.4. The fraction of sp³-hybridized carbons (Fsp3) is 0.393. The second-order valence-electron chi connectivity index (χ2n) is 10.2. The van der Waals surface area contributed by atoms with Crippen molar-refractivity contribution in [3.05, 3.63) is 59.7 Å². The number of cyclic esters (lactones) is 1. The van der Waals surface area contributed by atoms with E-state index in [1.807, 2.05) is 30.3 Å². The zero-order valence-electron chi connectivity index (χ0n) is 22.5. The van der Waals surface area contributed by atoms with Gasteiger partial charge in [0, 0.05) is 18.5 Å². The van der Waals surface area contributed by atoms with Crippen LogP contribution in [0.25, 0.3) is 0 Å². The number of hydrogen-bond donors (Lipinski definition) is 2. The quantitative estimate of drug-likeness (QED) is 0.458. The molecular formula is C28H29N5O9. The number of hydrogen-bond acceptors (Lipinski definition) is 9. The van der Waals surface area contributed by atoms with Gasteiger partial charge in [0.1, 0.15) is 12.1 Å². The van der Waals surface area contributed by atoms with Crippen molar-refractivity contribution >= 4 is 29.7 Å². The number of carbonyl (C=O) groups is 5. The summed E-state index contributed by atoms with van der Waals surface area (Å²) in [7, 11) is 0. The van der Waals surface area contributed by atoms with Gasteiger partial charge in [-0.3, -0.25) is 24.6 Å². The van der Waals surface area contributed by atoms with Gasteiger partial charge in [-0.1, -0.05) is 30.3 Å². The third-order valence-corrected chi connectivity index (χ3v) is 7.39. The van der Waals surface area contributed by atoms with Gasteiger partial charge in [0.05, 0.1) is 19.6 Å². The van der Waals surface area contributed by atoms with E-state index in [0.717, 1.165) is 15.6 Å². The largest absolute Gasteiger partial charge is 0.454 e. The van der Waals surface area contributed by atoms with Gasteiger partial charge in [-0.2, -0.15) is 0 Å². The first-order valence-electron chi connectivity index (χ1n) is 13.6. The van der Waals surface area contributed by atoms with Gasteiger partial charge in [0.2, 0.25) is 24.9 Å². The number of carbonyl (C=O) groups excluding carboxylic acids is 5. The summed E-state index contributed by atoms with van der Waals surface area (Å²) in [4.78, 5) is 65.4. The molecule has 0 radical (unpaired) electrons. The number of benzene rings is 2. The van der Waals surface area contributed by atoms with Crippen LogP contribution in [0.15, 0.2) is 48.5 Å². The van der Waals surface area contributed by atoms with Gasteiger partial charge in [0.25, 0.3) is 5.91 Å². The van der Waals surface area contributed by atoms with Gasteiger partial charge < -0.3 is 24.3 Å².